The molecule has 2 amide bonds. The summed E-state index contributed by atoms with van der Waals surface area (Å²) in [5.41, 5.74) is -1.77. The summed E-state index contributed by atoms with van der Waals surface area (Å²) in [5, 5.41) is 20.0. The first-order chi connectivity index (χ1) is 23.3. The van der Waals surface area contributed by atoms with Crippen molar-refractivity contribution in [2.45, 2.75) is 31.5 Å². The molecule has 1 aromatic carbocycles. The molecule has 0 aliphatic carbocycles. The van der Waals surface area contributed by atoms with E-state index in [1.807, 2.05) is 0 Å². The van der Waals surface area contributed by atoms with Gasteiger partial charge in [0.1, 0.15) is 13.1 Å². The summed E-state index contributed by atoms with van der Waals surface area (Å²) in [6, 6.07) is 6.53. The molecule has 0 saturated carbocycles. The van der Waals surface area contributed by atoms with Crippen LogP contribution in [0.1, 0.15) is 26.8 Å². The number of carbonyl (C=O) groups is 2. The summed E-state index contributed by atoms with van der Waals surface area (Å²) in [6.07, 6.45) is -10.8. The number of rotatable bonds is 9. The lowest BCUT2D eigenvalue weighted by molar-refractivity contribution is -0.207. The fourth-order valence-corrected chi connectivity index (χ4v) is 6.07. The van der Waals surface area contributed by atoms with Gasteiger partial charge in [-0.05, 0) is 30.3 Å². The van der Waals surface area contributed by atoms with Gasteiger partial charge in [0.25, 0.3) is 11.8 Å². The SMILES string of the molecule is O=C(NCC(F)(F)F)c1ccncc1-n1nc(Cn2nc(-c3ccc(Cl)cc3)n(CC(O)C(F)(F)F)c2=O)nc1C(=O)N1CCS(=O)(=O)CC1. The Kier molecular flexibility index (Phi) is 10.1. The molecule has 4 heterocycles. The summed E-state index contributed by atoms with van der Waals surface area (Å²) in [6.45, 7) is -4.17. The summed E-state index contributed by atoms with van der Waals surface area (Å²) in [7, 11) is -3.45. The molecule has 23 heteroatoms. The van der Waals surface area contributed by atoms with Gasteiger partial charge in [-0.15, -0.1) is 10.2 Å². The smallest absolute Gasteiger partial charge is 0.382 e. The highest BCUT2D eigenvalue weighted by molar-refractivity contribution is 7.91. The fraction of sp³-hybridized carbons (Fsp3) is 0.370. The number of alkyl halides is 6. The van der Waals surface area contributed by atoms with Crippen LogP contribution in [0.5, 0.6) is 0 Å². The van der Waals surface area contributed by atoms with Gasteiger partial charge in [0, 0.05) is 29.9 Å². The number of nitrogens with zero attached hydrogens (tertiary/aromatic N) is 8. The number of carbonyl (C=O) groups excluding carboxylic acids is 2. The van der Waals surface area contributed by atoms with E-state index in [0.717, 1.165) is 28.0 Å². The van der Waals surface area contributed by atoms with Gasteiger partial charge in [-0.3, -0.25) is 19.1 Å². The zero-order valence-corrected chi connectivity index (χ0v) is 26.8. The molecule has 1 atom stereocenters. The number of pyridine rings is 1. The van der Waals surface area contributed by atoms with Gasteiger partial charge in [-0.2, -0.15) is 26.3 Å². The van der Waals surface area contributed by atoms with E-state index in [1.54, 1.807) is 5.32 Å². The Balaban J connectivity index is 1.59. The van der Waals surface area contributed by atoms with E-state index in [9.17, 15) is 54.3 Å². The zero-order chi connectivity index (χ0) is 36.6. The highest BCUT2D eigenvalue weighted by Crippen LogP contribution is 2.25. The van der Waals surface area contributed by atoms with E-state index in [2.05, 4.69) is 20.2 Å². The molecule has 268 valence electrons. The van der Waals surface area contributed by atoms with E-state index in [-0.39, 0.29) is 52.5 Å². The van der Waals surface area contributed by atoms with Crippen molar-refractivity contribution in [1.29, 1.82) is 0 Å². The Morgan fingerprint density at radius 2 is 1.68 bits per heavy atom. The van der Waals surface area contributed by atoms with Crippen LogP contribution in [0.4, 0.5) is 26.3 Å². The molecule has 15 nitrogen and oxygen atoms in total. The van der Waals surface area contributed by atoms with Crippen LogP contribution in [0, 0.1) is 0 Å². The number of nitrogens with one attached hydrogen (secondary N) is 1. The van der Waals surface area contributed by atoms with Crippen molar-refractivity contribution < 1.29 is 49.5 Å². The topological polar surface area (TPSA) is 187 Å². The number of sulfone groups is 1. The Bertz CT molecular complexity index is 2070. The molecule has 1 aliphatic rings. The highest BCUT2D eigenvalue weighted by atomic mass is 35.5. The van der Waals surface area contributed by atoms with E-state index in [1.165, 1.54) is 24.3 Å². The minimum Gasteiger partial charge on any atom is -0.382 e. The van der Waals surface area contributed by atoms with Crippen LogP contribution >= 0.6 is 11.6 Å². The van der Waals surface area contributed by atoms with Gasteiger partial charge in [0.2, 0.25) is 5.82 Å². The lowest BCUT2D eigenvalue weighted by atomic mass is 10.2. The van der Waals surface area contributed by atoms with Gasteiger partial charge in [-0.25, -0.2) is 27.6 Å². The maximum atomic E-state index is 13.7. The van der Waals surface area contributed by atoms with Crippen LogP contribution in [0.15, 0.2) is 47.5 Å². The molecule has 1 fully saturated rings. The van der Waals surface area contributed by atoms with Gasteiger partial charge in [-0.1, -0.05) is 11.6 Å². The largest absolute Gasteiger partial charge is 0.416 e. The van der Waals surface area contributed by atoms with E-state index >= 15 is 0 Å². The van der Waals surface area contributed by atoms with E-state index in [4.69, 9.17) is 11.6 Å². The Morgan fingerprint density at radius 1 is 1.02 bits per heavy atom. The summed E-state index contributed by atoms with van der Waals surface area (Å²) < 4.78 is 104. The number of halogens is 7. The number of aliphatic hydroxyl groups excluding tert-OH is 1. The number of amides is 2. The first-order valence-electron chi connectivity index (χ1n) is 14.3. The molecule has 1 unspecified atom stereocenters. The van der Waals surface area contributed by atoms with Crippen molar-refractivity contribution >= 4 is 33.3 Å². The first-order valence-corrected chi connectivity index (χ1v) is 16.5. The van der Waals surface area contributed by atoms with Crippen molar-refractivity contribution in [3.8, 4) is 17.1 Å². The third kappa shape index (κ3) is 8.30. The third-order valence-corrected chi connectivity index (χ3v) is 9.11. The second-order valence-corrected chi connectivity index (χ2v) is 13.6. The van der Waals surface area contributed by atoms with Crippen molar-refractivity contribution in [2.75, 3.05) is 31.1 Å². The molecular weight excluding hydrogens is 728 g/mol. The highest BCUT2D eigenvalue weighted by Gasteiger charge is 2.39. The van der Waals surface area contributed by atoms with E-state index < -0.39 is 76.8 Å². The standard InChI is InChI=1S/C27H24ClF6N9O6S/c28-16-3-1-15(2-4-16)21-39-42(25(47)41(21)12-19(44)27(32,33)34)13-20-37-22(24(46)40-7-9-50(48,49)10-8-40)43(38-20)18-11-35-6-5-17(18)23(45)36-14-26(29,30)31/h1-6,11,19,44H,7-10,12-14H2,(H,36,45). The van der Waals surface area contributed by atoms with Gasteiger partial charge in [0.05, 0.1) is 35.5 Å². The number of aromatic nitrogens is 7. The van der Waals surface area contributed by atoms with Crippen molar-refractivity contribution in [3.05, 3.63) is 75.4 Å². The second-order valence-electron chi connectivity index (χ2n) is 10.8. The average molecular weight is 752 g/mol. The van der Waals surface area contributed by atoms with Crippen molar-refractivity contribution in [3.63, 3.8) is 0 Å². The first kappa shape index (κ1) is 36.5. The van der Waals surface area contributed by atoms with E-state index in [0.29, 0.717) is 9.25 Å². The lowest BCUT2D eigenvalue weighted by Crippen LogP contribution is -2.44. The Hall–Kier alpha value is -4.83. The molecule has 0 radical (unpaired) electrons. The average Bonchev–Trinajstić information content (AvgIpc) is 3.60. The quantitative estimate of drug-likeness (QED) is 0.237. The normalized spacial score (nSPS) is 15.6. The number of aliphatic hydroxyl groups is 1. The number of hydrogen-bond acceptors (Lipinski definition) is 10. The number of benzene rings is 1. The molecule has 1 saturated heterocycles. The zero-order valence-electron chi connectivity index (χ0n) is 25.2. The third-order valence-electron chi connectivity index (χ3n) is 7.25. The van der Waals surface area contributed by atoms with Crippen LogP contribution in [0.25, 0.3) is 17.1 Å². The van der Waals surface area contributed by atoms with Gasteiger partial charge < -0.3 is 15.3 Å². The Labute approximate surface area is 282 Å². The minimum atomic E-state index is -5.10. The summed E-state index contributed by atoms with van der Waals surface area (Å²) in [4.78, 5) is 49.0. The molecular formula is C27H24ClF6N9O6S. The number of hydrogen-bond donors (Lipinski definition) is 2. The Morgan fingerprint density at radius 3 is 2.30 bits per heavy atom. The minimum absolute atomic E-state index is 0.138. The van der Waals surface area contributed by atoms with Crippen LogP contribution in [-0.4, -0.2) is 114 Å². The van der Waals surface area contributed by atoms with Crippen LogP contribution in [0.2, 0.25) is 5.02 Å². The van der Waals surface area contributed by atoms with Gasteiger partial charge >= 0.3 is 18.0 Å². The molecule has 0 spiro atoms. The molecule has 50 heavy (non-hydrogen) atoms. The fourth-order valence-electron chi connectivity index (χ4n) is 4.74. The lowest BCUT2D eigenvalue weighted by Gasteiger charge is -2.26. The summed E-state index contributed by atoms with van der Waals surface area (Å²) in [5.74, 6) is -4.16. The van der Waals surface area contributed by atoms with Crippen molar-refractivity contribution in [1.82, 2.24) is 44.3 Å². The molecule has 2 N–H and O–H groups in total. The molecule has 5 rings (SSSR count). The molecule has 3 aromatic heterocycles. The predicted octanol–water partition coefficient (Wildman–Crippen LogP) is 1.48. The van der Waals surface area contributed by atoms with Crippen molar-refractivity contribution in [2.24, 2.45) is 0 Å². The molecule has 0 bridgehead atoms. The predicted molar refractivity (Wildman–Crippen MR) is 160 cm³/mol. The second kappa shape index (κ2) is 13.8. The maximum absolute atomic E-state index is 13.7. The van der Waals surface area contributed by atoms with Gasteiger partial charge in [0.15, 0.2) is 27.6 Å². The van der Waals surface area contributed by atoms with Crippen LogP contribution in [-0.2, 0) is 22.9 Å². The van der Waals surface area contributed by atoms with Crippen LogP contribution in [0.3, 0.4) is 0 Å². The monoisotopic (exact) mass is 751 g/mol. The summed E-state index contributed by atoms with van der Waals surface area (Å²) >= 11 is 5.92. The maximum Gasteiger partial charge on any atom is 0.416 e. The molecule has 1 aliphatic heterocycles. The molecule has 4 aromatic rings. The van der Waals surface area contributed by atoms with Crippen LogP contribution < -0.4 is 11.0 Å².